The molecule has 2 heterocycles. The molecule has 0 atom stereocenters. The number of anilines is 2. The molecule has 31 heavy (non-hydrogen) atoms. The van der Waals surface area contributed by atoms with E-state index in [0.717, 1.165) is 44.0 Å². The van der Waals surface area contributed by atoms with Crippen LogP contribution in [0, 0.1) is 0 Å². The first-order valence-corrected chi connectivity index (χ1v) is 11.4. The summed E-state index contributed by atoms with van der Waals surface area (Å²) >= 11 is 0. The van der Waals surface area contributed by atoms with E-state index in [2.05, 4.69) is 58.0 Å². The number of nitrogens with one attached hydrogen (secondary N) is 2. The van der Waals surface area contributed by atoms with Gasteiger partial charge in [-0.1, -0.05) is 48.9 Å². The fourth-order valence-electron chi connectivity index (χ4n) is 4.70. The summed E-state index contributed by atoms with van der Waals surface area (Å²) in [5.74, 6) is -0.0579. The lowest BCUT2D eigenvalue weighted by atomic mass is 9.96. The van der Waals surface area contributed by atoms with Crippen LogP contribution in [0.25, 0.3) is 11.1 Å². The van der Waals surface area contributed by atoms with Gasteiger partial charge in [0.25, 0.3) is 5.91 Å². The second kappa shape index (κ2) is 8.94. The minimum absolute atomic E-state index is 0.0579. The summed E-state index contributed by atoms with van der Waals surface area (Å²) in [7, 11) is 0. The smallest absolute Gasteiger partial charge is 0.255 e. The van der Waals surface area contributed by atoms with Crippen molar-refractivity contribution in [2.24, 2.45) is 0 Å². The molecule has 1 saturated heterocycles. The molecule has 0 saturated carbocycles. The van der Waals surface area contributed by atoms with Gasteiger partial charge in [0.2, 0.25) is 0 Å². The molecule has 1 fully saturated rings. The Morgan fingerprint density at radius 2 is 1.77 bits per heavy atom. The highest BCUT2D eigenvalue weighted by atomic mass is 16.1. The van der Waals surface area contributed by atoms with Crippen molar-refractivity contribution < 1.29 is 4.79 Å². The Morgan fingerprint density at radius 3 is 2.61 bits per heavy atom. The predicted octanol–water partition coefficient (Wildman–Crippen LogP) is 5.56. The third-order valence-corrected chi connectivity index (χ3v) is 6.37. The lowest BCUT2D eigenvalue weighted by Gasteiger charge is -2.27. The molecule has 2 aliphatic rings. The van der Waals surface area contributed by atoms with Gasteiger partial charge < -0.3 is 10.6 Å². The van der Waals surface area contributed by atoms with Crippen LogP contribution in [0.4, 0.5) is 11.4 Å². The first kappa shape index (κ1) is 19.8. The molecule has 2 aliphatic heterocycles. The van der Waals surface area contributed by atoms with Gasteiger partial charge in [0.15, 0.2) is 0 Å². The molecule has 3 aromatic rings. The van der Waals surface area contributed by atoms with Crippen molar-refractivity contribution in [3.63, 3.8) is 0 Å². The molecule has 0 unspecified atom stereocenters. The van der Waals surface area contributed by atoms with E-state index in [1.807, 2.05) is 24.3 Å². The lowest BCUT2D eigenvalue weighted by molar-refractivity contribution is 0.102. The van der Waals surface area contributed by atoms with Gasteiger partial charge in [0, 0.05) is 30.0 Å². The molecular weight excluding hydrogens is 382 g/mol. The topological polar surface area (TPSA) is 44.4 Å². The number of hydrogen-bond acceptors (Lipinski definition) is 3. The van der Waals surface area contributed by atoms with Crippen molar-refractivity contribution in [3.05, 3.63) is 83.4 Å². The summed E-state index contributed by atoms with van der Waals surface area (Å²) in [4.78, 5) is 15.6. The minimum atomic E-state index is -0.0579. The normalized spacial score (nSPS) is 15.9. The van der Waals surface area contributed by atoms with Crippen LogP contribution in [-0.2, 0) is 13.0 Å². The van der Waals surface area contributed by atoms with Crippen molar-refractivity contribution in [2.75, 3.05) is 30.3 Å². The molecule has 0 radical (unpaired) electrons. The van der Waals surface area contributed by atoms with Crippen molar-refractivity contribution >= 4 is 17.3 Å². The number of likely N-dealkylation sites (tertiary alicyclic amines) is 1. The predicted molar refractivity (Wildman–Crippen MR) is 128 cm³/mol. The van der Waals surface area contributed by atoms with Crippen LogP contribution in [0.15, 0.2) is 66.7 Å². The Labute approximate surface area is 184 Å². The van der Waals surface area contributed by atoms with Gasteiger partial charge in [-0.25, -0.2) is 0 Å². The van der Waals surface area contributed by atoms with Crippen molar-refractivity contribution in [1.82, 2.24) is 4.90 Å². The van der Waals surface area contributed by atoms with Gasteiger partial charge in [-0.05, 0) is 78.9 Å². The Hall–Kier alpha value is -3.11. The first-order chi connectivity index (χ1) is 15.3. The Kier molecular flexibility index (Phi) is 5.72. The Bertz CT molecular complexity index is 1070. The molecule has 0 aliphatic carbocycles. The van der Waals surface area contributed by atoms with E-state index < -0.39 is 0 Å². The third-order valence-electron chi connectivity index (χ3n) is 6.37. The average molecular weight is 412 g/mol. The summed E-state index contributed by atoms with van der Waals surface area (Å²) in [5, 5.41) is 6.46. The van der Waals surface area contributed by atoms with E-state index in [4.69, 9.17) is 0 Å². The highest BCUT2D eigenvalue weighted by Gasteiger charge is 2.17. The summed E-state index contributed by atoms with van der Waals surface area (Å²) in [6.45, 7) is 4.11. The highest BCUT2D eigenvalue weighted by Crippen LogP contribution is 2.29. The van der Waals surface area contributed by atoms with Crippen LogP contribution < -0.4 is 10.6 Å². The zero-order valence-corrected chi connectivity index (χ0v) is 17.9. The van der Waals surface area contributed by atoms with Crippen molar-refractivity contribution in [3.8, 4) is 11.1 Å². The molecule has 0 bridgehead atoms. The molecule has 1 amide bonds. The average Bonchev–Trinajstić information content (AvgIpc) is 3.28. The van der Waals surface area contributed by atoms with Crippen molar-refractivity contribution in [1.29, 1.82) is 0 Å². The Morgan fingerprint density at radius 1 is 0.935 bits per heavy atom. The quantitative estimate of drug-likeness (QED) is 0.578. The summed E-state index contributed by atoms with van der Waals surface area (Å²) in [5.41, 5.74) is 7.62. The highest BCUT2D eigenvalue weighted by molar-refractivity contribution is 6.05. The molecule has 2 N–H and O–H groups in total. The SMILES string of the molecule is O=C(Nc1ccc2c(c1)NCC2)c1ccc(-c2ccccc2)c(CN2CCCCC2)c1. The standard InChI is InChI=1S/C27H29N3O/c31-27(29-24-11-9-21-13-14-28-26(21)18-24)22-10-12-25(20-7-3-1-4-8-20)23(17-22)19-30-15-5-2-6-16-30/h1,3-4,7-12,17-18,28H,2,5-6,13-16,19H2,(H,29,31). The zero-order valence-electron chi connectivity index (χ0n) is 17.9. The molecule has 4 heteroatoms. The lowest BCUT2D eigenvalue weighted by Crippen LogP contribution is -2.29. The molecule has 158 valence electrons. The number of amides is 1. The third kappa shape index (κ3) is 4.49. The maximum atomic E-state index is 13.1. The molecule has 3 aromatic carbocycles. The number of benzene rings is 3. The molecule has 5 rings (SSSR count). The van der Waals surface area contributed by atoms with Gasteiger partial charge in [-0.15, -0.1) is 0 Å². The van der Waals surface area contributed by atoms with E-state index in [-0.39, 0.29) is 5.91 Å². The first-order valence-electron chi connectivity index (χ1n) is 11.4. The maximum absolute atomic E-state index is 13.1. The van der Waals surface area contributed by atoms with E-state index in [1.54, 1.807) is 0 Å². The second-order valence-electron chi connectivity index (χ2n) is 8.58. The van der Waals surface area contributed by atoms with Crippen LogP contribution >= 0.6 is 0 Å². The van der Waals surface area contributed by atoms with Gasteiger partial charge in [-0.2, -0.15) is 0 Å². The van der Waals surface area contributed by atoms with Gasteiger partial charge in [0.05, 0.1) is 0 Å². The van der Waals surface area contributed by atoms with Gasteiger partial charge in [-0.3, -0.25) is 9.69 Å². The number of fused-ring (bicyclic) bond motifs is 1. The van der Waals surface area contributed by atoms with E-state index >= 15 is 0 Å². The number of carbonyl (C=O) groups excluding carboxylic acids is 1. The van der Waals surface area contributed by atoms with Crippen LogP contribution in [0.3, 0.4) is 0 Å². The maximum Gasteiger partial charge on any atom is 0.255 e. The number of hydrogen-bond donors (Lipinski definition) is 2. The molecule has 4 nitrogen and oxygen atoms in total. The van der Waals surface area contributed by atoms with E-state index in [9.17, 15) is 4.79 Å². The summed E-state index contributed by atoms with van der Waals surface area (Å²) in [6.07, 6.45) is 4.88. The number of carbonyl (C=O) groups is 1. The second-order valence-corrected chi connectivity index (χ2v) is 8.58. The van der Waals surface area contributed by atoms with Gasteiger partial charge >= 0.3 is 0 Å². The fourth-order valence-corrected chi connectivity index (χ4v) is 4.70. The van der Waals surface area contributed by atoms with E-state index in [1.165, 1.54) is 41.5 Å². The monoisotopic (exact) mass is 411 g/mol. The number of piperidine rings is 1. The zero-order chi connectivity index (χ0) is 21.0. The molecule has 0 aromatic heterocycles. The van der Waals surface area contributed by atoms with E-state index in [0.29, 0.717) is 5.56 Å². The fraction of sp³-hybridized carbons (Fsp3) is 0.296. The molecule has 0 spiro atoms. The van der Waals surface area contributed by atoms with Crippen LogP contribution in [0.1, 0.15) is 40.7 Å². The van der Waals surface area contributed by atoms with Crippen LogP contribution in [0.2, 0.25) is 0 Å². The summed E-state index contributed by atoms with van der Waals surface area (Å²) in [6, 6.07) is 22.7. The summed E-state index contributed by atoms with van der Waals surface area (Å²) < 4.78 is 0. The van der Waals surface area contributed by atoms with Crippen LogP contribution in [0.5, 0.6) is 0 Å². The van der Waals surface area contributed by atoms with Gasteiger partial charge in [0.1, 0.15) is 0 Å². The molecular formula is C27H29N3O. The minimum Gasteiger partial charge on any atom is -0.384 e. The van der Waals surface area contributed by atoms with Crippen molar-refractivity contribution in [2.45, 2.75) is 32.2 Å². The largest absolute Gasteiger partial charge is 0.384 e. The Balaban J connectivity index is 1.41. The van der Waals surface area contributed by atoms with Crippen LogP contribution in [-0.4, -0.2) is 30.4 Å². The number of rotatable bonds is 5. The number of nitrogens with zero attached hydrogens (tertiary/aromatic N) is 1.